The van der Waals surface area contributed by atoms with Crippen molar-refractivity contribution < 1.29 is 9.53 Å². The predicted octanol–water partition coefficient (Wildman–Crippen LogP) is 2.74. The second kappa shape index (κ2) is 10.6. The third-order valence-electron chi connectivity index (χ3n) is 6.34. The molecule has 0 spiro atoms. The summed E-state index contributed by atoms with van der Waals surface area (Å²) in [5.74, 6) is 0.519. The van der Waals surface area contributed by atoms with Gasteiger partial charge in [0.15, 0.2) is 0 Å². The van der Waals surface area contributed by atoms with Crippen molar-refractivity contribution in [1.29, 1.82) is 5.26 Å². The number of pyridine rings is 1. The number of methoxy groups -OCH3 is 1. The number of thioether (sulfide) groups is 1. The van der Waals surface area contributed by atoms with Crippen LogP contribution in [-0.2, 0) is 16.6 Å². The van der Waals surface area contributed by atoms with E-state index in [1.807, 2.05) is 18.2 Å². The normalized spacial score (nSPS) is 17.4. The molecule has 0 aliphatic carbocycles. The molecule has 2 aliphatic heterocycles. The molecule has 2 aliphatic rings. The number of rotatable bonds is 6. The Morgan fingerprint density at radius 2 is 1.80 bits per heavy atom. The van der Waals surface area contributed by atoms with Gasteiger partial charge < -0.3 is 14.5 Å². The number of ether oxygens (including phenoxy) is 1. The van der Waals surface area contributed by atoms with Gasteiger partial charge in [0, 0.05) is 51.6 Å². The van der Waals surface area contributed by atoms with Crippen LogP contribution in [0.3, 0.4) is 0 Å². The Kier molecular flexibility index (Phi) is 7.60. The summed E-state index contributed by atoms with van der Waals surface area (Å²) in [6, 6.07) is 12.3. The van der Waals surface area contributed by atoms with Crippen LogP contribution in [-0.4, -0.2) is 66.1 Å². The molecule has 4 rings (SSSR count). The zero-order valence-corrected chi connectivity index (χ0v) is 21.6. The maximum Gasteiger partial charge on any atom is 0.270 e. The summed E-state index contributed by atoms with van der Waals surface area (Å²) >= 11 is 6.65. The average molecular weight is 510 g/mol. The van der Waals surface area contributed by atoms with Gasteiger partial charge in [-0.1, -0.05) is 42.2 Å². The highest BCUT2D eigenvalue weighted by molar-refractivity contribution is 8.26. The van der Waals surface area contributed by atoms with Crippen LogP contribution in [0.25, 0.3) is 6.08 Å². The van der Waals surface area contributed by atoms with Gasteiger partial charge in [0.05, 0.1) is 18.1 Å². The molecule has 2 fully saturated rings. The first-order valence-electron chi connectivity index (χ1n) is 11.3. The molecule has 1 aromatic carbocycles. The Balaban J connectivity index is 1.72. The molecule has 1 amide bonds. The quantitative estimate of drug-likeness (QED) is 0.434. The zero-order valence-electron chi connectivity index (χ0n) is 20.0. The summed E-state index contributed by atoms with van der Waals surface area (Å²) in [6.07, 6.45) is 1.78. The van der Waals surface area contributed by atoms with Gasteiger partial charge in [-0.15, -0.1) is 0 Å². The van der Waals surface area contributed by atoms with Gasteiger partial charge >= 0.3 is 0 Å². The van der Waals surface area contributed by atoms with Crippen LogP contribution in [0.15, 0.2) is 40.0 Å². The second-order valence-electron chi connectivity index (χ2n) is 8.35. The maximum absolute atomic E-state index is 13.1. The first-order valence-corrected chi connectivity index (χ1v) is 12.5. The van der Waals surface area contributed by atoms with E-state index in [9.17, 15) is 14.9 Å². The summed E-state index contributed by atoms with van der Waals surface area (Å²) in [6.45, 7) is 5.50. The van der Waals surface area contributed by atoms with Crippen molar-refractivity contribution in [2.24, 2.45) is 7.05 Å². The molecule has 10 heteroatoms. The number of carbonyl (C=O) groups is 1. The molecule has 0 atom stereocenters. The highest BCUT2D eigenvalue weighted by Gasteiger charge is 2.33. The van der Waals surface area contributed by atoms with Crippen molar-refractivity contribution in [3.8, 4) is 6.07 Å². The number of anilines is 2. The summed E-state index contributed by atoms with van der Waals surface area (Å²) in [5.41, 5.74) is 2.18. The molecular weight excluding hydrogens is 482 g/mol. The smallest absolute Gasteiger partial charge is 0.270 e. The Morgan fingerprint density at radius 1 is 1.14 bits per heavy atom. The van der Waals surface area contributed by atoms with Gasteiger partial charge in [-0.25, -0.2) is 0 Å². The second-order valence-corrected chi connectivity index (χ2v) is 10.0. The van der Waals surface area contributed by atoms with E-state index in [0.717, 1.165) is 18.8 Å². The molecule has 35 heavy (non-hydrogen) atoms. The number of para-hydroxylation sites is 1. The first-order chi connectivity index (χ1) is 16.9. The largest absolute Gasteiger partial charge is 0.383 e. The van der Waals surface area contributed by atoms with E-state index in [2.05, 4.69) is 28.0 Å². The Morgan fingerprint density at radius 3 is 2.43 bits per heavy atom. The molecule has 1 aromatic heterocycles. The zero-order chi connectivity index (χ0) is 25.1. The van der Waals surface area contributed by atoms with Gasteiger partial charge in [0.1, 0.15) is 21.8 Å². The highest BCUT2D eigenvalue weighted by Crippen LogP contribution is 2.36. The number of amides is 1. The van der Waals surface area contributed by atoms with Crippen LogP contribution in [0.5, 0.6) is 0 Å². The number of hydrogen-bond acceptors (Lipinski definition) is 8. The third kappa shape index (κ3) is 4.85. The topological polar surface area (TPSA) is 81.8 Å². The van der Waals surface area contributed by atoms with E-state index in [1.54, 1.807) is 27.2 Å². The van der Waals surface area contributed by atoms with Crippen LogP contribution in [0, 0.1) is 18.3 Å². The molecular formula is C25H27N5O3S2. The standard InChI is InChI=1S/C25H27N5O3S2/c1-17-19(15-21-24(32)30(13-14-33-3)25(34)35-21)22(27(2)23(31)20(17)16-26)29-11-9-28(10-12-29)18-7-5-4-6-8-18/h4-8,15H,9-14H2,1-3H3. The SMILES string of the molecule is COCCN1C(=O)C(=Cc2c(C)c(C#N)c(=O)n(C)c2N2CCN(c3ccccc3)CC2)SC1=S. The maximum atomic E-state index is 13.1. The van der Waals surface area contributed by atoms with Crippen LogP contribution >= 0.6 is 24.0 Å². The third-order valence-corrected chi connectivity index (χ3v) is 7.71. The fourth-order valence-electron chi connectivity index (χ4n) is 4.42. The van der Waals surface area contributed by atoms with Gasteiger partial charge in [-0.2, -0.15) is 5.26 Å². The summed E-state index contributed by atoms with van der Waals surface area (Å²) < 4.78 is 7.10. The first kappa shape index (κ1) is 25.0. The molecule has 0 N–H and O–H groups in total. The van der Waals surface area contributed by atoms with Crippen LogP contribution in [0.4, 0.5) is 11.5 Å². The van der Waals surface area contributed by atoms with E-state index in [0.29, 0.717) is 52.4 Å². The summed E-state index contributed by atoms with van der Waals surface area (Å²) in [4.78, 5) is 32.6. The van der Waals surface area contributed by atoms with Crippen LogP contribution < -0.4 is 15.4 Å². The summed E-state index contributed by atoms with van der Waals surface area (Å²) in [7, 11) is 3.26. The van der Waals surface area contributed by atoms with Gasteiger partial charge in [-0.3, -0.25) is 19.1 Å². The lowest BCUT2D eigenvalue weighted by Crippen LogP contribution is -2.48. The predicted molar refractivity (Wildman–Crippen MR) is 144 cm³/mol. The van der Waals surface area contributed by atoms with Crippen molar-refractivity contribution in [3.05, 3.63) is 62.3 Å². The summed E-state index contributed by atoms with van der Waals surface area (Å²) in [5, 5.41) is 9.68. The lowest BCUT2D eigenvalue weighted by molar-refractivity contribution is -0.122. The van der Waals surface area contributed by atoms with E-state index < -0.39 is 0 Å². The molecule has 182 valence electrons. The number of aromatic nitrogens is 1. The number of benzene rings is 1. The van der Waals surface area contributed by atoms with E-state index in [1.165, 1.54) is 21.2 Å². The van der Waals surface area contributed by atoms with E-state index >= 15 is 0 Å². The van der Waals surface area contributed by atoms with Crippen LogP contribution in [0.1, 0.15) is 16.7 Å². The van der Waals surface area contributed by atoms with E-state index in [4.69, 9.17) is 17.0 Å². The Hall–Kier alpha value is -3.13. The fraction of sp³-hybridized carbons (Fsp3) is 0.360. The fourth-order valence-corrected chi connectivity index (χ4v) is 5.71. The minimum atomic E-state index is -0.338. The van der Waals surface area contributed by atoms with Crippen molar-refractivity contribution in [2.45, 2.75) is 6.92 Å². The molecule has 3 heterocycles. The van der Waals surface area contributed by atoms with Crippen molar-refractivity contribution in [2.75, 3.05) is 56.2 Å². The monoisotopic (exact) mass is 509 g/mol. The molecule has 2 saturated heterocycles. The number of hydrogen-bond donors (Lipinski definition) is 0. The highest BCUT2D eigenvalue weighted by atomic mass is 32.2. The van der Waals surface area contributed by atoms with Crippen molar-refractivity contribution in [3.63, 3.8) is 0 Å². The number of nitriles is 1. The molecule has 8 nitrogen and oxygen atoms in total. The molecule has 2 aromatic rings. The average Bonchev–Trinajstić information content (AvgIpc) is 3.14. The van der Waals surface area contributed by atoms with Gasteiger partial charge in [0.2, 0.25) is 0 Å². The number of piperazine rings is 1. The minimum absolute atomic E-state index is 0.0836. The number of nitrogens with zero attached hydrogens (tertiary/aromatic N) is 5. The molecule has 0 unspecified atom stereocenters. The van der Waals surface area contributed by atoms with E-state index in [-0.39, 0.29) is 17.0 Å². The van der Waals surface area contributed by atoms with Crippen molar-refractivity contribution in [1.82, 2.24) is 9.47 Å². The minimum Gasteiger partial charge on any atom is -0.383 e. The number of thiocarbonyl (C=S) groups is 1. The molecule has 0 radical (unpaired) electrons. The lowest BCUT2D eigenvalue weighted by Gasteiger charge is -2.38. The van der Waals surface area contributed by atoms with Crippen LogP contribution in [0.2, 0.25) is 0 Å². The molecule has 0 saturated carbocycles. The van der Waals surface area contributed by atoms with Gasteiger partial charge in [0.25, 0.3) is 11.5 Å². The number of carbonyl (C=O) groups excluding carboxylic acids is 1. The molecule has 0 bridgehead atoms. The van der Waals surface area contributed by atoms with Crippen molar-refractivity contribution >= 4 is 51.8 Å². The Labute approximate surface area is 214 Å². The Bertz CT molecular complexity index is 1270. The van der Waals surface area contributed by atoms with Gasteiger partial charge in [-0.05, 0) is 30.7 Å². The lowest BCUT2D eigenvalue weighted by atomic mass is 10.0.